The van der Waals surface area contributed by atoms with Gasteiger partial charge in [-0.1, -0.05) is 40.5 Å². The van der Waals surface area contributed by atoms with Crippen molar-refractivity contribution < 1.29 is 4.74 Å². The minimum atomic E-state index is 0. The van der Waals surface area contributed by atoms with Gasteiger partial charge in [0.2, 0.25) is 0 Å². The third-order valence-electron chi connectivity index (χ3n) is 4.13. The molecule has 0 spiro atoms. The molecule has 1 aliphatic rings. The molecule has 1 heterocycles. The van der Waals surface area contributed by atoms with Crippen LogP contribution in [0.5, 0.6) is 0 Å². The number of hydrogen-bond acceptors (Lipinski definition) is 2. The van der Waals surface area contributed by atoms with Crippen LogP contribution in [-0.2, 0) is 4.74 Å². The summed E-state index contributed by atoms with van der Waals surface area (Å²) in [6, 6.07) is 0. The highest BCUT2D eigenvalue weighted by atomic mass is 127. The summed E-state index contributed by atoms with van der Waals surface area (Å²) in [5.74, 6) is 1.48. The standard InChI is InChI=1S/C17H35N3O.HI/c1-6-7-8-11-19-16(18-5)20-13-14-10-9-12-21-15(14)17(2,3)4;/h14-15H,6-13H2,1-5H3,(H2,18,19,20);1H. The van der Waals surface area contributed by atoms with E-state index in [1.807, 2.05) is 7.05 Å². The second-order valence-corrected chi connectivity index (χ2v) is 7.15. The van der Waals surface area contributed by atoms with Crippen molar-refractivity contribution in [3.05, 3.63) is 0 Å². The summed E-state index contributed by atoms with van der Waals surface area (Å²) in [6.45, 7) is 11.9. The summed E-state index contributed by atoms with van der Waals surface area (Å²) >= 11 is 0. The van der Waals surface area contributed by atoms with E-state index in [9.17, 15) is 0 Å². The van der Waals surface area contributed by atoms with E-state index in [1.54, 1.807) is 0 Å². The fraction of sp³-hybridized carbons (Fsp3) is 0.941. The average molecular weight is 425 g/mol. The molecule has 0 saturated carbocycles. The van der Waals surface area contributed by atoms with Crippen LogP contribution in [-0.4, -0.2) is 38.8 Å². The minimum Gasteiger partial charge on any atom is -0.377 e. The Labute approximate surface area is 154 Å². The fourth-order valence-electron chi connectivity index (χ4n) is 3.04. The Morgan fingerprint density at radius 1 is 1.23 bits per heavy atom. The number of ether oxygens (including phenoxy) is 1. The lowest BCUT2D eigenvalue weighted by Crippen LogP contribution is -2.47. The summed E-state index contributed by atoms with van der Waals surface area (Å²) in [6.07, 6.45) is 6.46. The van der Waals surface area contributed by atoms with Crippen molar-refractivity contribution in [3.63, 3.8) is 0 Å². The van der Waals surface area contributed by atoms with Crippen molar-refractivity contribution in [2.45, 2.75) is 65.9 Å². The molecule has 1 rings (SSSR count). The van der Waals surface area contributed by atoms with E-state index in [-0.39, 0.29) is 29.4 Å². The lowest BCUT2D eigenvalue weighted by atomic mass is 9.78. The maximum absolute atomic E-state index is 6.03. The van der Waals surface area contributed by atoms with Gasteiger partial charge in [-0.3, -0.25) is 4.99 Å². The molecule has 0 bridgehead atoms. The summed E-state index contributed by atoms with van der Waals surface area (Å²) in [7, 11) is 1.84. The smallest absolute Gasteiger partial charge is 0.190 e. The first-order valence-corrected chi connectivity index (χ1v) is 8.55. The van der Waals surface area contributed by atoms with E-state index in [0.717, 1.165) is 25.7 Å². The maximum atomic E-state index is 6.03. The molecule has 0 aromatic carbocycles. The number of unbranched alkanes of at least 4 members (excludes halogenated alkanes) is 2. The van der Waals surface area contributed by atoms with Gasteiger partial charge in [0.05, 0.1) is 6.10 Å². The summed E-state index contributed by atoms with van der Waals surface area (Å²) < 4.78 is 6.03. The van der Waals surface area contributed by atoms with Gasteiger partial charge in [0.25, 0.3) is 0 Å². The second-order valence-electron chi connectivity index (χ2n) is 7.15. The highest BCUT2D eigenvalue weighted by Gasteiger charge is 2.35. The van der Waals surface area contributed by atoms with Gasteiger partial charge in [-0.15, -0.1) is 24.0 Å². The first-order chi connectivity index (χ1) is 9.99. The first-order valence-electron chi connectivity index (χ1n) is 8.55. The molecular formula is C17H36IN3O. The zero-order valence-corrected chi connectivity index (χ0v) is 17.4. The molecule has 0 amide bonds. The minimum absolute atomic E-state index is 0. The molecule has 0 aliphatic carbocycles. The summed E-state index contributed by atoms with van der Waals surface area (Å²) in [5, 5.41) is 6.87. The third-order valence-corrected chi connectivity index (χ3v) is 4.13. The third kappa shape index (κ3) is 7.99. The van der Waals surface area contributed by atoms with E-state index in [0.29, 0.717) is 12.0 Å². The molecule has 1 aliphatic heterocycles. The quantitative estimate of drug-likeness (QED) is 0.295. The maximum Gasteiger partial charge on any atom is 0.190 e. The number of hydrogen-bond donors (Lipinski definition) is 2. The SMILES string of the molecule is CCCCCNC(=NC)NCC1CCCOC1C(C)(C)C.I. The molecule has 0 radical (unpaired) electrons. The normalized spacial score (nSPS) is 22.9. The Hall–Kier alpha value is -0.0400. The van der Waals surface area contributed by atoms with Gasteiger partial charge in [0.1, 0.15) is 0 Å². The zero-order valence-electron chi connectivity index (χ0n) is 15.1. The predicted octanol–water partition coefficient (Wildman–Crippen LogP) is 3.80. The van der Waals surface area contributed by atoms with E-state index in [4.69, 9.17) is 4.74 Å². The second kappa shape index (κ2) is 11.5. The van der Waals surface area contributed by atoms with Crippen LogP contribution in [0.1, 0.15) is 59.8 Å². The number of rotatable bonds is 6. The van der Waals surface area contributed by atoms with Crippen LogP contribution in [0.4, 0.5) is 0 Å². The Kier molecular flexibility index (Phi) is 11.5. The van der Waals surface area contributed by atoms with Crippen molar-refractivity contribution in [3.8, 4) is 0 Å². The van der Waals surface area contributed by atoms with Gasteiger partial charge in [-0.25, -0.2) is 0 Å². The predicted molar refractivity (Wildman–Crippen MR) is 106 cm³/mol. The largest absolute Gasteiger partial charge is 0.377 e. The van der Waals surface area contributed by atoms with Crippen LogP contribution in [0.3, 0.4) is 0 Å². The molecule has 0 aromatic heterocycles. The molecule has 2 N–H and O–H groups in total. The Balaban J connectivity index is 0.00000441. The van der Waals surface area contributed by atoms with E-state index < -0.39 is 0 Å². The van der Waals surface area contributed by atoms with Gasteiger partial charge >= 0.3 is 0 Å². The Morgan fingerprint density at radius 3 is 2.55 bits per heavy atom. The summed E-state index contributed by atoms with van der Waals surface area (Å²) in [5.41, 5.74) is 0.199. The number of nitrogens with zero attached hydrogens (tertiary/aromatic N) is 1. The van der Waals surface area contributed by atoms with E-state index in [2.05, 4.69) is 43.3 Å². The Bertz CT molecular complexity index is 316. The lowest BCUT2D eigenvalue weighted by Gasteiger charge is -2.40. The summed E-state index contributed by atoms with van der Waals surface area (Å²) in [4.78, 5) is 4.31. The molecule has 5 heteroatoms. The molecule has 0 aromatic rings. The fourth-order valence-corrected chi connectivity index (χ4v) is 3.04. The molecule has 1 fully saturated rings. The van der Waals surface area contributed by atoms with Crippen LogP contribution in [0, 0.1) is 11.3 Å². The van der Waals surface area contributed by atoms with Crippen LogP contribution < -0.4 is 10.6 Å². The van der Waals surface area contributed by atoms with E-state index >= 15 is 0 Å². The number of aliphatic imine (C=N–C) groups is 1. The average Bonchev–Trinajstić information content (AvgIpc) is 2.46. The van der Waals surface area contributed by atoms with Crippen molar-refractivity contribution in [2.24, 2.45) is 16.3 Å². The van der Waals surface area contributed by atoms with Crippen LogP contribution >= 0.6 is 24.0 Å². The molecule has 132 valence electrons. The highest BCUT2D eigenvalue weighted by molar-refractivity contribution is 14.0. The zero-order chi connectivity index (χ0) is 15.7. The molecule has 2 atom stereocenters. The Morgan fingerprint density at radius 2 is 1.95 bits per heavy atom. The molecule has 1 saturated heterocycles. The number of guanidine groups is 1. The van der Waals surface area contributed by atoms with Crippen molar-refractivity contribution in [2.75, 3.05) is 26.7 Å². The van der Waals surface area contributed by atoms with Gasteiger partial charge in [-0.2, -0.15) is 0 Å². The van der Waals surface area contributed by atoms with Crippen LogP contribution in [0.25, 0.3) is 0 Å². The van der Waals surface area contributed by atoms with Gasteiger partial charge in [0.15, 0.2) is 5.96 Å². The van der Waals surface area contributed by atoms with Gasteiger partial charge in [0, 0.05) is 32.7 Å². The van der Waals surface area contributed by atoms with Crippen molar-refractivity contribution >= 4 is 29.9 Å². The number of halogens is 1. The van der Waals surface area contributed by atoms with Crippen molar-refractivity contribution in [1.82, 2.24) is 10.6 Å². The van der Waals surface area contributed by atoms with Crippen LogP contribution in [0.15, 0.2) is 4.99 Å². The monoisotopic (exact) mass is 425 g/mol. The van der Waals surface area contributed by atoms with E-state index in [1.165, 1.54) is 32.1 Å². The first kappa shape index (κ1) is 22.0. The molecule has 22 heavy (non-hydrogen) atoms. The van der Waals surface area contributed by atoms with Gasteiger partial charge in [-0.05, 0) is 24.7 Å². The molecule has 4 nitrogen and oxygen atoms in total. The van der Waals surface area contributed by atoms with Crippen LogP contribution in [0.2, 0.25) is 0 Å². The highest BCUT2D eigenvalue weighted by Crippen LogP contribution is 2.33. The van der Waals surface area contributed by atoms with Crippen molar-refractivity contribution in [1.29, 1.82) is 0 Å². The lowest BCUT2D eigenvalue weighted by molar-refractivity contribution is -0.0835. The van der Waals surface area contributed by atoms with Gasteiger partial charge < -0.3 is 15.4 Å². The molecular weight excluding hydrogens is 389 g/mol. The number of nitrogens with one attached hydrogen (secondary N) is 2. The molecule has 2 unspecified atom stereocenters. The topological polar surface area (TPSA) is 45.7 Å².